The first kappa shape index (κ1) is 15.2. The Hall–Kier alpha value is -1.18. The van der Waals surface area contributed by atoms with Gasteiger partial charge in [0.15, 0.2) is 5.82 Å². The second-order valence-corrected chi connectivity index (χ2v) is 6.61. The third-order valence-electron chi connectivity index (χ3n) is 2.41. The molecule has 0 fully saturated rings. The maximum atomic E-state index is 13.8. The fourth-order valence-electron chi connectivity index (χ4n) is 1.47. The van der Waals surface area contributed by atoms with Crippen molar-refractivity contribution in [3.05, 3.63) is 57.5 Å². The summed E-state index contributed by atoms with van der Waals surface area (Å²) in [5.74, 6) is -1.87. The van der Waals surface area contributed by atoms with Gasteiger partial charge in [0, 0.05) is 0 Å². The van der Waals surface area contributed by atoms with Gasteiger partial charge in [-0.25, -0.2) is 17.2 Å². The van der Waals surface area contributed by atoms with Crippen molar-refractivity contribution in [2.24, 2.45) is 0 Å². The van der Waals surface area contributed by atoms with Crippen molar-refractivity contribution in [2.45, 2.75) is 4.90 Å². The fourth-order valence-corrected chi connectivity index (χ4v) is 3.39. The Morgan fingerprint density at radius 1 is 1.10 bits per heavy atom. The van der Waals surface area contributed by atoms with E-state index >= 15 is 0 Å². The highest BCUT2D eigenvalue weighted by Crippen LogP contribution is 2.29. The molecule has 0 spiro atoms. The molecule has 20 heavy (non-hydrogen) atoms. The smallest absolute Gasteiger partial charge is 0.263 e. The number of halogens is 4. The SMILES string of the molecule is O=S(=O)(Nc1ccc(F)c(Br)c1F)c1ccccc1Cl. The molecule has 0 radical (unpaired) electrons. The lowest BCUT2D eigenvalue weighted by molar-refractivity contribution is 0.572. The molecule has 0 aromatic heterocycles. The van der Waals surface area contributed by atoms with E-state index < -0.39 is 26.1 Å². The van der Waals surface area contributed by atoms with Gasteiger partial charge >= 0.3 is 0 Å². The van der Waals surface area contributed by atoms with E-state index in [2.05, 4.69) is 15.9 Å². The molecule has 106 valence electrons. The topological polar surface area (TPSA) is 46.2 Å². The fraction of sp³-hybridized carbons (Fsp3) is 0. The lowest BCUT2D eigenvalue weighted by Crippen LogP contribution is -2.14. The third kappa shape index (κ3) is 2.94. The summed E-state index contributed by atoms with van der Waals surface area (Å²) >= 11 is 8.49. The summed E-state index contributed by atoms with van der Waals surface area (Å²) in [6.07, 6.45) is 0. The lowest BCUT2D eigenvalue weighted by Gasteiger charge is -2.11. The summed E-state index contributed by atoms with van der Waals surface area (Å²) in [5, 5.41) is 0.00147. The first-order chi connectivity index (χ1) is 9.33. The molecule has 2 rings (SSSR count). The molecule has 2 aromatic rings. The number of sulfonamides is 1. The molecular formula is C12H7BrClF2NO2S. The van der Waals surface area contributed by atoms with Gasteiger partial charge in [0.2, 0.25) is 0 Å². The van der Waals surface area contributed by atoms with Crippen LogP contribution in [-0.2, 0) is 10.0 Å². The van der Waals surface area contributed by atoms with Gasteiger partial charge in [0.25, 0.3) is 10.0 Å². The predicted molar refractivity (Wildman–Crippen MR) is 76.3 cm³/mol. The van der Waals surface area contributed by atoms with Crippen LogP contribution in [0.25, 0.3) is 0 Å². The molecule has 0 aliphatic rings. The predicted octanol–water partition coefficient (Wildman–Crippen LogP) is 4.18. The highest BCUT2D eigenvalue weighted by Gasteiger charge is 2.20. The minimum absolute atomic E-state index is 0.00147. The summed E-state index contributed by atoms with van der Waals surface area (Å²) in [4.78, 5) is -0.193. The van der Waals surface area contributed by atoms with E-state index in [1.54, 1.807) is 6.07 Å². The first-order valence-electron chi connectivity index (χ1n) is 5.24. The largest absolute Gasteiger partial charge is 0.277 e. The van der Waals surface area contributed by atoms with Crippen molar-refractivity contribution in [3.63, 3.8) is 0 Å². The van der Waals surface area contributed by atoms with Gasteiger partial charge < -0.3 is 0 Å². The van der Waals surface area contributed by atoms with Crippen molar-refractivity contribution in [1.29, 1.82) is 0 Å². The van der Waals surface area contributed by atoms with Crippen LogP contribution in [0.2, 0.25) is 5.02 Å². The summed E-state index contributed by atoms with van der Waals surface area (Å²) in [7, 11) is -4.06. The van der Waals surface area contributed by atoms with Crippen LogP contribution >= 0.6 is 27.5 Å². The quantitative estimate of drug-likeness (QED) is 0.810. The zero-order valence-electron chi connectivity index (χ0n) is 9.70. The van der Waals surface area contributed by atoms with Gasteiger partial charge in [0.1, 0.15) is 10.7 Å². The van der Waals surface area contributed by atoms with Crippen LogP contribution in [0.1, 0.15) is 0 Å². The van der Waals surface area contributed by atoms with Crippen molar-refractivity contribution in [1.82, 2.24) is 0 Å². The number of benzene rings is 2. The monoisotopic (exact) mass is 381 g/mol. The summed E-state index contributed by atoms with van der Waals surface area (Å²) in [6, 6.07) is 7.66. The maximum absolute atomic E-state index is 13.8. The molecule has 8 heteroatoms. The molecule has 0 atom stereocenters. The van der Waals surface area contributed by atoms with Crippen LogP contribution in [-0.4, -0.2) is 8.42 Å². The van der Waals surface area contributed by atoms with E-state index in [0.717, 1.165) is 12.1 Å². The number of hydrogen-bond donors (Lipinski definition) is 1. The molecule has 0 saturated carbocycles. The Balaban J connectivity index is 2.45. The summed E-state index contributed by atoms with van der Waals surface area (Å²) in [5.41, 5.74) is -0.377. The van der Waals surface area contributed by atoms with Gasteiger partial charge in [-0.1, -0.05) is 23.7 Å². The highest BCUT2D eigenvalue weighted by molar-refractivity contribution is 9.10. The van der Waals surface area contributed by atoms with Gasteiger partial charge in [-0.15, -0.1) is 0 Å². The molecule has 2 aromatic carbocycles. The van der Waals surface area contributed by atoms with Crippen LogP contribution in [0.15, 0.2) is 45.8 Å². The third-order valence-corrected chi connectivity index (χ3v) is 5.00. The van der Waals surface area contributed by atoms with Crippen LogP contribution in [0.5, 0.6) is 0 Å². The Labute approximate surface area is 127 Å². The molecule has 0 aliphatic carbocycles. The lowest BCUT2D eigenvalue weighted by atomic mass is 10.3. The number of nitrogens with one attached hydrogen (secondary N) is 1. The van der Waals surface area contributed by atoms with Crippen molar-refractivity contribution >= 4 is 43.2 Å². The van der Waals surface area contributed by atoms with E-state index in [9.17, 15) is 17.2 Å². The molecule has 0 unspecified atom stereocenters. The molecular weight excluding hydrogens is 376 g/mol. The second kappa shape index (κ2) is 5.67. The van der Waals surface area contributed by atoms with Gasteiger partial charge in [0.05, 0.1) is 15.2 Å². The van der Waals surface area contributed by atoms with Gasteiger partial charge in [-0.05, 0) is 40.2 Å². The molecule has 0 saturated heterocycles. The van der Waals surface area contributed by atoms with Crippen LogP contribution in [0.3, 0.4) is 0 Å². The van der Waals surface area contributed by atoms with Crippen molar-refractivity contribution < 1.29 is 17.2 Å². The average Bonchev–Trinajstić information content (AvgIpc) is 2.40. The molecule has 3 nitrogen and oxygen atoms in total. The van der Waals surface area contributed by atoms with E-state index in [1.165, 1.54) is 18.2 Å². The van der Waals surface area contributed by atoms with Crippen LogP contribution in [0, 0.1) is 11.6 Å². The molecule has 0 amide bonds. The van der Waals surface area contributed by atoms with Crippen molar-refractivity contribution in [2.75, 3.05) is 4.72 Å². The summed E-state index contributed by atoms with van der Waals surface area (Å²) in [6.45, 7) is 0. The average molecular weight is 383 g/mol. The van der Waals surface area contributed by atoms with Crippen LogP contribution in [0.4, 0.5) is 14.5 Å². The molecule has 0 aliphatic heterocycles. The first-order valence-corrected chi connectivity index (χ1v) is 7.89. The zero-order chi connectivity index (χ0) is 14.9. The molecule has 0 bridgehead atoms. The molecule has 1 N–H and O–H groups in total. The molecule has 0 heterocycles. The Kier molecular flexibility index (Phi) is 4.31. The van der Waals surface area contributed by atoms with Crippen molar-refractivity contribution in [3.8, 4) is 0 Å². The standard InChI is InChI=1S/C12H7BrClF2NO2S/c13-11-8(15)5-6-9(12(11)16)17-20(18,19)10-4-2-1-3-7(10)14/h1-6,17H. The Morgan fingerprint density at radius 2 is 1.75 bits per heavy atom. The van der Waals surface area contributed by atoms with E-state index in [-0.39, 0.29) is 15.6 Å². The summed E-state index contributed by atoms with van der Waals surface area (Å²) < 4.78 is 52.6. The van der Waals surface area contributed by atoms with E-state index in [4.69, 9.17) is 11.6 Å². The van der Waals surface area contributed by atoms with Gasteiger partial charge in [-0.3, -0.25) is 4.72 Å². The number of hydrogen-bond acceptors (Lipinski definition) is 2. The van der Waals surface area contributed by atoms with Gasteiger partial charge in [-0.2, -0.15) is 0 Å². The maximum Gasteiger partial charge on any atom is 0.263 e. The van der Waals surface area contributed by atoms with E-state index in [1.807, 2.05) is 4.72 Å². The number of anilines is 1. The Morgan fingerprint density at radius 3 is 2.40 bits per heavy atom. The second-order valence-electron chi connectivity index (χ2n) is 3.76. The Bertz CT molecular complexity index is 768. The number of rotatable bonds is 3. The van der Waals surface area contributed by atoms with E-state index in [0.29, 0.717) is 0 Å². The highest BCUT2D eigenvalue weighted by atomic mass is 79.9. The van der Waals surface area contributed by atoms with Crippen LogP contribution < -0.4 is 4.72 Å². The minimum Gasteiger partial charge on any atom is -0.277 e. The normalized spacial score (nSPS) is 11.4. The zero-order valence-corrected chi connectivity index (χ0v) is 12.9. The minimum atomic E-state index is -4.06.